The normalized spacial score (nSPS) is 10.8. The number of esters is 1. The molecule has 6 nitrogen and oxygen atoms in total. The zero-order chi connectivity index (χ0) is 15.2. The molecule has 0 heterocycles. The highest BCUT2D eigenvalue weighted by Gasteiger charge is 2.13. The highest BCUT2D eigenvalue weighted by atomic mass is 16.6. The van der Waals surface area contributed by atoms with E-state index in [9.17, 15) is 9.59 Å². The molecule has 6 heteroatoms. The zero-order valence-electron chi connectivity index (χ0n) is 12.7. The number of carbonyl (C=O) groups is 2. The van der Waals surface area contributed by atoms with Crippen LogP contribution in [-0.4, -0.2) is 58.0 Å². The zero-order valence-corrected chi connectivity index (χ0v) is 12.7. The lowest BCUT2D eigenvalue weighted by Gasteiger charge is -2.07. The van der Waals surface area contributed by atoms with Crippen molar-refractivity contribution in [3.63, 3.8) is 0 Å². The minimum atomic E-state index is -0.500. The van der Waals surface area contributed by atoms with Gasteiger partial charge in [0.15, 0.2) is 0 Å². The topological polar surface area (TPSA) is 71.1 Å². The summed E-state index contributed by atoms with van der Waals surface area (Å²) < 4.78 is 20.4. The van der Waals surface area contributed by atoms with Crippen molar-refractivity contribution in [3.8, 4) is 0 Å². The molecule has 0 unspecified atom stereocenters. The maximum atomic E-state index is 11.3. The third-order valence-corrected chi connectivity index (χ3v) is 2.40. The minimum Gasteiger partial charge on any atom is -0.463 e. The molecule has 0 rings (SSSR count). The van der Waals surface area contributed by atoms with E-state index in [0.717, 1.165) is 0 Å². The molecule has 0 aromatic carbocycles. The fourth-order valence-corrected chi connectivity index (χ4v) is 1.20. The second kappa shape index (κ2) is 13.0. The summed E-state index contributed by atoms with van der Waals surface area (Å²) in [5.41, 5.74) is 0. The second-order valence-electron chi connectivity index (χ2n) is 4.44. The van der Waals surface area contributed by atoms with Gasteiger partial charge >= 0.3 is 5.97 Å². The summed E-state index contributed by atoms with van der Waals surface area (Å²) in [4.78, 5) is 22.5. The Morgan fingerprint density at radius 3 is 1.85 bits per heavy atom. The van der Waals surface area contributed by atoms with Gasteiger partial charge < -0.3 is 18.9 Å². The monoisotopic (exact) mass is 290 g/mol. The van der Waals surface area contributed by atoms with Gasteiger partial charge in [0.05, 0.1) is 33.0 Å². The molecule has 20 heavy (non-hydrogen) atoms. The summed E-state index contributed by atoms with van der Waals surface area (Å²) in [5, 5.41) is 0. The van der Waals surface area contributed by atoms with E-state index < -0.39 is 5.97 Å². The van der Waals surface area contributed by atoms with Gasteiger partial charge in [-0.15, -0.1) is 0 Å². The van der Waals surface area contributed by atoms with Crippen molar-refractivity contribution in [2.45, 2.75) is 27.2 Å². The Morgan fingerprint density at radius 1 is 0.850 bits per heavy atom. The molecular formula is C14H26O6. The molecule has 0 saturated heterocycles. The maximum absolute atomic E-state index is 11.3. The third kappa shape index (κ3) is 12.1. The maximum Gasteiger partial charge on any atom is 0.313 e. The molecule has 0 bridgehead atoms. The molecule has 0 aliphatic rings. The van der Waals surface area contributed by atoms with Crippen molar-refractivity contribution >= 4 is 11.8 Å². The molecule has 0 aromatic rings. The van der Waals surface area contributed by atoms with E-state index in [4.69, 9.17) is 18.9 Å². The first kappa shape index (κ1) is 19.0. The molecule has 0 atom stereocenters. The summed E-state index contributed by atoms with van der Waals surface area (Å²) in [6.45, 7) is 8.63. The predicted octanol–water partition coefficient (Wildman–Crippen LogP) is 1.21. The fourth-order valence-electron chi connectivity index (χ4n) is 1.20. The number of ketones is 1. The van der Waals surface area contributed by atoms with E-state index in [1.165, 1.54) is 0 Å². The number of ether oxygens (including phenoxy) is 4. The summed E-state index contributed by atoms with van der Waals surface area (Å²) in [6.07, 6.45) is -0.168. The molecule has 0 aromatic heterocycles. The van der Waals surface area contributed by atoms with Crippen LogP contribution in [0.25, 0.3) is 0 Å². The quantitative estimate of drug-likeness (QED) is 0.288. The molecule has 118 valence electrons. The van der Waals surface area contributed by atoms with Crippen molar-refractivity contribution in [2.75, 3.05) is 46.2 Å². The van der Waals surface area contributed by atoms with E-state index in [-0.39, 0.29) is 24.7 Å². The van der Waals surface area contributed by atoms with E-state index in [2.05, 4.69) is 0 Å². The van der Waals surface area contributed by atoms with E-state index >= 15 is 0 Å². The minimum absolute atomic E-state index is 0.112. The van der Waals surface area contributed by atoms with Crippen molar-refractivity contribution < 1.29 is 28.5 Å². The van der Waals surface area contributed by atoms with E-state index in [0.29, 0.717) is 39.6 Å². The van der Waals surface area contributed by atoms with Gasteiger partial charge in [-0.05, 0) is 6.92 Å². The first-order valence-corrected chi connectivity index (χ1v) is 6.99. The van der Waals surface area contributed by atoms with Gasteiger partial charge in [-0.3, -0.25) is 9.59 Å². The van der Waals surface area contributed by atoms with Crippen LogP contribution in [0.1, 0.15) is 27.2 Å². The standard InChI is InChI=1S/C14H26O6/c1-4-17-5-6-18-7-8-19-9-10-20-14(16)11-13(15)12(2)3/h12H,4-11H2,1-3H3. The lowest BCUT2D eigenvalue weighted by atomic mass is 10.1. The van der Waals surface area contributed by atoms with Crippen molar-refractivity contribution in [3.05, 3.63) is 0 Å². The van der Waals surface area contributed by atoms with Crippen LogP contribution in [0.2, 0.25) is 0 Å². The first-order chi connectivity index (χ1) is 9.57. The van der Waals surface area contributed by atoms with Gasteiger partial charge in [0.1, 0.15) is 18.8 Å². The van der Waals surface area contributed by atoms with Crippen LogP contribution in [0.3, 0.4) is 0 Å². The molecule has 0 fully saturated rings. The largest absolute Gasteiger partial charge is 0.463 e. The fraction of sp³-hybridized carbons (Fsp3) is 0.857. The van der Waals surface area contributed by atoms with Gasteiger partial charge in [0.2, 0.25) is 0 Å². The smallest absolute Gasteiger partial charge is 0.313 e. The second-order valence-corrected chi connectivity index (χ2v) is 4.44. The molecule has 0 spiro atoms. The van der Waals surface area contributed by atoms with Crippen LogP contribution in [0.4, 0.5) is 0 Å². The Bertz CT molecular complexity index is 264. The summed E-state index contributed by atoms with van der Waals surface area (Å²) in [7, 11) is 0. The molecular weight excluding hydrogens is 264 g/mol. The van der Waals surface area contributed by atoms with Crippen LogP contribution in [-0.2, 0) is 28.5 Å². The number of rotatable bonds is 13. The average Bonchev–Trinajstić information content (AvgIpc) is 2.40. The van der Waals surface area contributed by atoms with Crippen LogP contribution >= 0.6 is 0 Å². The summed E-state index contributed by atoms with van der Waals surface area (Å²) >= 11 is 0. The molecule has 0 aliphatic heterocycles. The number of hydrogen-bond donors (Lipinski definition) is 0. The van der Waals surface area contributed by atoms with Crippen LogP contribution in [0.5, 0.6) is 0 Å². The summed E-state index contributed by atoms with van der Waals surface area (Å²) in [5.74, 6) is -0.758. The summed E-state index contributed by atoms with van der Waals surface area (Å²) in [6, 6.07) is 0. The SMILES string of the molecule is CCOCCOCCOCCOC(=O)CC(=O)C(C)C. The van der Waals surface area contributed by atoms with Gasteiger partial charge in [-0.1, -0.05) is 13.8 Å². The van der Waals surface area contributed by atoms with Crippen LogP contribution in [0, 0.1) is 5.92 Å². The third-order valence-electron chi connectivity index (χ3n) is 2.40. The number of hydrogen-bond acceptors (Lipinski definition) is 6. The Kier molecular flexibility index (Phi) is 12.4. The lowest BCUT2D eigenvalue weighted by molar-refractivity contribution is -0.148. The Labute approximate surface area is 120 Å². The Balaban J connectivity index is 3.27. The van der Waals surface area contributed by atoms with Crippen molar-refractivity contribution in [1.29, 1.82) is 0 Å². The van der Waals surface area contributed by atoms with E-state index in [1.807, 2.05) is 6.92 Å². The number of Topliss-reactive ketones (excluding diaryl/α,β-unsaturated/α-hetero) is 1. The van der Waals surface area contributed by atoms with Gasteiger partial charge in [-0.25, -0.2) is 0 Å². The molecule has 0 N–H and O–H groups in total. The highest BCUT2D eigenvalue weighted by molar-refractivity contribution is 5.96. The van der Waals surface area contributed by atoms with Gasteiger partial charge in [-0.2, -0.15) is 0 Å². The van der Waals surface area contributed by atoms with E-state index in [1.54, 1.807) is 13.8 Å². The highest BCUT2D eigenvalue weighted by Crippen LogP contribution is 1.99. The lowest BCUT2D eigenvalue weighted by Crippen LogP contribution is -2.18. The van der Waals surface area contributed by atoms with Crippen molar-refractivity contribution in [1.82, 2.24) is 0 Å². The molecule has 0 aliphatic carbocycles. The molecule has 0 radical (unpaired) electrons. The van der Waals surface area contributed by atoms with Crippen molar-refractivity contribution in [2.24, 2.45) is 5.92 Å². The Hall–Kier alpha value is -0.980. The Morgan fingerprint density at radius 2 is 1.35 bits per heavy atom. The van der Waals surface area contributed by atoms with Gasteiger partial charge in [0.25, 0.3) is 0 Å². The predicted molar refractivity (Wildman–Crippen MR) is 73.6 cm³/mol. The van der Waals surface area contributed by atoms with Crippen LogP contribution < -0.4 is 0 Å². The first-order valence-electron chi connectivity index (χ1n) is 6.99. The molecule has 0 saturated carbocycles. The average molecular weight is 290 g/mol. The van der Waals surface area contributed by atoms with Gasteiger partial charge in [0, 0.05) is 12.5 Å². The number of carbonyl (C=O) groups excluding carboxylic acids is 2. The van der Waals surface area contributed by atoms with Crippen LogP contribution in [0.15, 0.2) is 0 Å². The molecule has 0 amide bonds.